The minimum atomic E-state index is 0.266. The van der Waals surface area contributed by atoms with Crippen LogP contribution < -0.4 is 0 Å². The molecule has 122 valence electrons. The minimum absolute atomic E-state index is 0.266. The Kier molecular flexibility index (Phi) is 10.2. The van der Waals surface area contributed by atoms with Crippen LogP contribution in [0.4, 0.5) is 0 Å². The van der Waals surface area contributed by atoms with E-state index >= 15 is 0 Å². The smallest absolute Gasteiger partial charge is 0.0641 e. The van der Waals surface area contributed by atoms with Crippen LogP contribution in [0.2, 0.25) is 0 Å². The van der Waals surface area contributed by atoms with Crippen molar-refractivity contribution >= 4 is 43.2 Å². The van der Waals surface area contributed by atoms with E-state index < -0.39 is 0 Å². The van der Waals surface area contributed by atoms with E-state index in [1.54, 1.807) is 0 Å². The van der Waals surface area contributed by atoms with E-state index in [2.05, 4.69) is 27.7 Å². The molecule has 0 radical (unpaired) electrons. The first-order valence-corrected chi connectivity index (χ1v) is 13.0. The number of hydrogen-bond acceptors (Lipinski definition) is 5. The fourth-order valence-electron chi connectivity index (χ4n) is 2.75. The third-order valence-electron chi connectivity index (χ3n) is 4.09. The first kappa shape index (κ1) is 18.4. The Morgan fingerprint density at radius 1 is 0.952 bits per heavy atom. The van der Waals surface area contributed by atoms with Crippen molar-refractivity contribution in [2.45, 2.75) is 68.3 Å². The van der Waals surface area contributed by atoms with Crippen molar-refractivity contribution in [3.63, 3.8) is 0 Å². The summed E-state index contributed by atoms with van der Waals surface area (Å²) in [5, 5.41) is 11.3. The summed E-state index contributed by atoms with van der Waals surface area (Å²) in [6.45, 7) is 0.266. The molecule has 2 saturated heterocycles. The van der Waals surface area contributed by atoms with Gasteiger partial charge in [-0.2, -0.15) is 0 Å². The highest BCUT2D eigenvalue weighted by Crippen LogP contribution is 2.40. The molecule has 0 saturated carbocycles. The molecule has 2 atom stereocenters. The Balaban J connectivity index is 1.50. The maximum absolute atomic E-state index is 9.46. The van der Waals surface area contributed by atoms with Crippen molar-refractivity contribution < 1.29 is 5.11 Å². The lowest BCUT2D eigenvalue weighted by Gasteiger charge is -2.09. The number of allylic oxidation sites excluding steroid dienone is 1. The van der Waals surface area contributed by atoms with Crippen LogP contribution in [0.25, 0.3) is 0 Å². The van der Waals surface area contributed by atoms with Gasteiger partial charge >= 0.3 is 0 Å². The summed E-state index contributed by atoms with van der Waals surface area (Å²) in [5.41, 5.74) is 1.27. The summed E-state index contributed by atoms with van der Waals surface area (Å²) in [6.07, 6.45) is 14.0. The van der Waals surface area contributed by atoms with Gasteiger partial charge in [0.05, 0.1) is 6.61 Å². The van der Waals surface area contributed by atoms with Crippen LogP contribution in [-0.4, -0.2) is 33.7 Å². The molecule has 0 aromatic heterocycles. The van der Waals surface area contributed by atoms with Gasteiger partial charge in [-0.25, -0.2) is 0 Å². The molecule has 0 aromatic rings. The standard InChI is InChI=1S/C16H28OS4/c17-13-14(6-4-8-16-10-12-19-21-16)5-2-1-3-7-15-9-11-18-20-15/h5,15-17H,1-4,6-13H2. The van der Waals surface area contributed by atoms with Gasteiger partial charge in [-0.15, -0.1) is 0 Å². The summed E-state index contributed by atoms with van der Waals surface area (Å²) in [6, 6.07) is 0. The molecule has 0 aliphatic carbocycles. The molecule has 2 heterocycles. The van der Waals surface area contributed by atoms with Gasteiger partial charge in [-0.05, 0) is 56.9 Å². The lowest BCUT2D eigenvalue weighted by atomic mass is 10.0. The average Bonchev–Trinajstić information content (AvgIpc) is 3.18. The number of rotatable bonds is 10. The second-order valence-corrected chi connectivity index (χ2v) is 11.4. The van der Waals surface area contributed by atoms with E-state index in [0.29, 0.717) is 0 Å². The van der Waals surface area contributed by atoms with Gasteiger partial charge in [-0.3, -0.25) is 0 Å². The normalized spacial score (nSPS) is 26.6. The van der Waals surface area contributed by atoms with Crippen LogP contribution in [0, 0.1) is 0 Å². The van der Waals surface area contributed by atoms with Crippen LogP contribution >= 0.6 is 43.2 Å². The quantitative estimate of drug-likeness (QED) is 0.293. The summed E-state index contributed by atoms with van der Waals surface area (Å²) in [4.78, 5) is 0. The highest BCUT2D eigenvalue weighted by molar-refractivity contribution is 8.77. The highest BCUT2D eigenvalue weighted by Gasteiger charge is 2.16. The fourth-order valence-corrected chi connectivity index (χ4v) is 8.81. The van der Waals surface area contributed by atoms with Crippen molar-refractivity contribution in [2.75, 3.05) is 18.1 Å². The average molecular weight is 365 g/mol. The number of aliphatic hydroxyl groups excluding tert-OH is 1. The molecule has 2 rings (SSSR count). The van der Waals surface area contributed by atoms with Crippen molar-refractivity contribution in [1.82, 2.24) is 0 Å². The molecule has 21 heavy (non-hydrogen) atoms. The van der Waals surface area contributed by atoms with E-state index in [1.807, 2.05) is 21.6 Å². The zero-order valence-corrected chi connectivity index (χ0v) is 16.1. The fraction of sp³-hybridized carbons (Fsp3) is 0.875. The summed E-state index contributed by atoms with van der Waals surface area (Å²) < 4.78 is 0. The predicted octanol–water partition coefficient (Wildman–Crippen LogP) is 5.94. The van der Waals surface area contributed by atoms with Crippen molar-refractivity contribution in [2.24, 2.45) is 0 Å². The van der Waals surface area contributed by atoms with Gasteiger partial charge < -0.3 is 5.11 Å². The first-order chi connectivity index (χ1) is 10.4. The maximum atomic E-state index is 9.46. The molecule has 2 fully saturated rings. The third-order valence-corrected chi connectivity index (χ3v) is 10.1. The first-order valence-electron chi connectivity index (χ1n) is 8.24. The summed E-state index contributed by atoms with van der Waals surface area (Å²) in [7, 11) is 8.23. The Morgan fingerprint density at radius 3 is 2.19 bits per heavy atom. The van der Waals surface area contributed by atoms with Crippen molar-refractivity contribution in [3.05, 3.63) is 11.6 Å². The summed E-state index contributed by atoms with van der Waals surface area (Å²) in [5.74, 6) is 2.68. The van der Waals surface area contributed by atoms with Gasteiger partial charge in [-0.1, -0.05) is 55.7 Å². The topological polar surface area (TPSA) is 20.2 Å². The molecule has 0 spiro atoms. The van der Waals surface area contributed by atoms with E-state index in [4.69, 9.17) is 0 Å². The van der Waals surface area contributed by atoms with Gasteiger partial charge in [0, 0.05) is 22.0 Å². The van der Waals surface area contributed by atoms with Crippen LogP contribution in [0.3, 0.4) is 0 Å². The SMILES string of the molecule is OCC(=CCCCCC1CCSS1)CCCC1CCSS1. The number of unbranched alkanes of at least 4 members (excludes halogenated alkanes) is 2. The molecule has 1 nitrogen and oxygen atoms in total. The van der Waals surface area contributed by atoms with Crippen LogP contribution in [0.5, 0.6) is 0 Å². The van der Waals surface area contributed by atoms with Crippen molar-refractivity contribution in [3.8, 4) is 0 Å². The van der Waals surface area contributed by atoms with Gasteiger partial charge in [0.1, 0.15) is 0 Å². The van der Waals surface area contributed by atoms with E-state index in [-0.39, 0.29) is 6.61 Å². The molecule has 0 bridgehead atoms. The maximum Gasteiger partial charge on any atom is 0.0641 e. The zero-order chi connectivity index (χ0) is 14.8. The molecular weight excluding hydrogens is 336 g/mol. The lowest BCUT2D eigenvalue weighted by molar-refractivity contribution is 0.324. The van der Waals surface area contributed by atoms with Crippen molar-refractivity contribution in [1.29, 1.82) is 0 Å². The monoisotopic (exact) mass is 364 g/mol. The lowest BCUT2D eigenvalue weighted by Crippen LogP contribution is -1.99. The van der Waals surface area contributed by atoms with Crippen LogP contribution in [-0.2, 0) is 0 Å². The minimum Gasteiger partial charge on any atom is -0.392 e. The Bertz CT molecular complexity index is 297. The molecule has 0 amide bonds. The van der Waals surface area contributed by atoms with Gasteiger partial charge in [0.15, 0.2) is 0 Å². The molecule has 2 unspecified atom stereocenters. The number of hydrogen-bond donors (Lipinski definition) is 1. The predicted molar refractivity (Wildman–Crippen MR) is 104 cm³/mol. The second-order valence-electron chi connectivity index (χ2n) is 5.85. The Labute approximate surface area is 146 Å². The van der Waals surface area contributed by atoms with E-state index in [0.717, 1.165) is 23.3 Å². The molecule has 2 aliphatic rings. The second kappa shape index (κ2) is 11.6. The Morgan fingerprint density at radius 2 is 1.62 bits per heavy atom. The van der Waals surface area contributed by atoms with Gasteiger partial charge in [0.25, 0.3) is 0 Å². The van der Waals surface area contributed by atoms with Crippen LogP contribution in [0.1, 0.15) is 57.8 Å². The molecule has 5 heteroatoms. The largest absolute Gasteiger partial charge is 0.392 e. The van der Waals surface area contributed by atoms with Crippen LogP contribution in [0.15, 0.2) is 11.6 Å². The summed E-state index contributed by atoms with van der Waals surface area (Å²) >= 11 is 0. The van der Waals surface area contributed by atoms with Gasteiger partial charge in [0.2, 0.25) is 0 Å². The Hall–Kier alpha value is 1.10. The molecular formula is C16H28OS4. The number of aliphatic hydroxyl groups is 1. The zero-order valence-electron chi connectivity index (χ0n) is 12.8. The molecule has 0 aromatic carbocycles. The van der Waals surface area contributed by atoms with E-state index in [9.17, 15) is 5.11 Å². The molecule has 1 N–H and O–H groups in total. The van der Waals surface area contributed by atoms with E-state index in [1.165, 1.54) is 62.0 Å². The third kappa shape index (κ3) is 7.96. The highest BCUT2D eigenvalue weighted by atomic mass is 33.1. The molecule has 2 aliphatic heterocycles.